The topological polar surface area (TPSA) is 95.9 Å². The molecule has 1 amide bonds. The first-order chi connectivity index (χ1) is 35.0. The van der Waals surface area contributed by atoms with Gasteiger partial charge < -0.3 is 20.3 Å². The van der Waals surface area contributed by atoms with Gasteiger partial charge in [0.15, 0.2) is 0 Å². The van der Waals surface area contributed by atoms with Crippen molar-refractivity contribution in [2.45, 2.75) is 379 Å². The van der Waals surface area contributed by atoms with Gasteiger partial charge in [0, 0.05) is 12.8 Å². The molecule has 0 fully saturated rings. The molecule has 6 heteroatoms. The van der Waals surface area contributed by atoms with Gasteiger partial charge in [-0.3, -0.25) is 9.59 Å². The quantitative estimate of drug-likeness (QED) is 0.0320. The van der Waals surface area contributed by atoms with Crippen LogP contribution in [0.25, 0.3) is 0 Å². The van der Waals surface area contributed by atoms with E-state index in [0.717, 1.165) is 51.4 Å². The standard InChI is InChI=1S/C65H127NO5/c1-3-5-7-9-11-13-15-17-19-21-25-29-33-37-41-45-49-53-57-63(68)62(61-67)66-64(69)58-54-50-46-42-38-34-30-26-23-24-28-32-36-40-44-48-52-56-60-71-65(70)59-55-51-47-43-39-35-31-27-22-20-18-16-14-12-10-8-6-4-2/h26,30,62-63,67-68H,3-25,27-29,31-61H2,1-2H3,(H,66,69)/b30-26-. The minimum Gasteiger partial charge on any atom is -0.466 e. The Morgan fingerprint density at radius 2 is 0.662 bits per heavy atom. The fraction of sp³-hybridized carbons (Fsp3) is 0.938. The summed E-state index contributed by atoms with van der Waals surface area (Å²) < 4.78 is 5.50. The van der Waals surface area contributed by atoms with E-state index in [1.54, 1.807) is 0 Å². The summed E-state index contributed by atoms with van der Waals surface area (Å²) in [4.78, 5) is 24.6. The van der Waals surface area contributed by atoms with Gasteiger partial charge in [0.2, 0.25) is 5.91 Å². The summed E-state index contributed by atoms with van der Waals surface area (Å²) in [5.41, 5.74) is 0. The van der Waals surface area contributed by atoms with Crippen LogP contribution in [0.2, 0.25) is 0 Å². The Labute approximate surface area is 444 Å². The molecule has 422 valence electrons. The van der Waals surface area contributed by atoms with Crippen molar-refractivity contribution in [1.29, 1.82) is 0 Å². The zero-order chi connectivity index (χ0) is 51.4. The van der Waals surface area contributed by atoms with Crippen molar-refractivity contribution >= 4 is 11.9 Å². The van der Waals surface area contributed by atoms with Crippen molar-refractivity contribution < 1.29 is 24.5 Å². The van der Waals surface area contributed by atoms with Crippen LogP contribution in [0.15, 0.2) is 12.2 Å². The SMILES string of the molecule is CCCCCCCCCCCCCCCCCCCCC(=O)OCCCCCCCCCCC/C=C\CCCCCCCC(=O)NC(CO)C(O)CCCCCCCCCCCCCCCCCCCC. The number of unbranched alkanes of at least 4 members (excludes halogenated alkanes) is 48. The van der Waals surface area contributed by atoms with Gasteiger partial charge in [-0.15, -0.1) is 0 Å². The van der Waals surface area contributed by atoms with Crippen molar-refractivity contribution in [3.63, 3.8) is 0 Å². The summed E-state index contributed by atoms with van der Waals surface area (Å²) in [5.74, 6) is -0.0373. The highest BCUT2D eigenvalue weighted by atomic mass is 16.5. The third-order valence-electron chi connectivity index (χ3n) is 15.3. The van der Waals surface area contributed by atoms with E-state index >= 15 is 0 Å². The van der Waals surface area contributed by atoms with E-state index in [0.29, 0.717) is 25.9 Å². The number of ether oxygens (including phenoxy) is 1. The molecule has 0 saturated heterocycles. The number of rotatable bonds is 61. The van der Waals surface area contributed by atoms with Gasteiger partial charge in [-0.1, -0.05) is 315 Å². The second kappa shape index (κ2) is 61.1. The van der Waals surface area contributed by atoms with Crippen LogP contribution >= 0.6 is 0 Å². The van der Waals surface area contributed by atoms with Crippen LogP contribution in [0.1, 0.15) is 367 Å². The zero-order valence-electron chi connectivity index (χ0n) is 48.2. The lowest BCUT2D eigenvalue weighted by Crippen LogP contribution is -2.45. The van der Waals surface area contributed by atoms with E-state index < -0.39 is 12.1 Å². The second-order valence-corrected chi connectivity index (χ2v) is 22.5. The summed E-state index contributed by atoms with van der Waals surface area (Å²) in [6.45, 7) is 4.98. The van der Waals surface area contributed by atoms with Crippen LogP contribution in [0.3, 0.4) is 0 Å². The lowest BCUT2D eigenvalue weighted by atomic mass is 10.0. The molecule has 0 rings (SSSR count). The molecule has 2 atom stereocenters. The van der Waals surface area contributed by atoms with Gasteiger partial charge in [0.25, 0.3) is 0 Å². The summed E-state index contributed by atoms with van der Waals surface area (Å²) in [6, 6.07) is -0.551. The van der Waals surface area contributed by atoms with Crippen molar-refractivity contribution in [2.24, 2.45) is 0 Å². The first-order valence-corrected chi connectivity index (χ1v) is 32.4. The Morgan fingerprint density at radius 1 is 0.380 bits per heavy atom. The number of amides is 1. The smallest absolute Gasteiger partial charge is 0.305 e. The van der Waals surface area contributed by atoms with Gasteiger partial charge >= 0.3 is 5.97 Å². The fourth-order valence-corrected chi connectivity index (χ4v) is 10.3. The second-order valence-electron chi connectivity index (χ2n) is 22.5. The molecule has 0 saturated carbocycles. The van der Waals surface area contributed by atoms with Gasteiger partial charge in [-0.25, -0.2) is 0 Å². The number of allylic oxidation sites excluding steroid dienone is 2. The van der Waals surface area contributed by atoms with E-state index in [9.17, 15) is 19.8 Å². The van der Waals surface area contributed by atoms with Crippen molar-refractivity contribution in [1.82, 2.24) is 5.32 Å². The van der Waals surface area contributed by atoms with Gasteiger partial charge in [0.1, 0.15) is 0 Å². The van der Waals surface area contributed by atoms with E-state index in [1.807, 2.05) is 0 Å². The number of hydrogen-bond donors (Lipinski definition) is 3. The molecule has 0 aromatic heterocycles. The summed E-state index contributed by atoms with van der Waals surface area (Å²) >= 11 is 0. The number of nitrogens with one attached hydrogen (secondary N) is 1. The molecule has 0 bridgehead atoms. The molecule has 0 radical (unpaired) electrons. The molecule has 0 heterocycles. The maximum Gasteiger partial charge on any atom is 0.305 e. The summed E-state index contributed by atoms with van der Waals surface area (Å²) in [5, 5.41) is 23.3. The molecule has 2 unspecified atom stereocenters. The monoisotopic (exact) mass is 1000 g/mol. The number of aliphatic hydroxyl groups is 2. The maximum atomic E-state index is 12.5. The molecule has 0 aromatic carbocycles. The van der Waals surface area contributed by atoms with Crippen LogP contribution in [0.4, 0.5) is 0 Å². The average molecular weight is 1000 g/mol. The summed E-state index contributed by atoms with van der Waals surface area (Å²) in [6.07, 6.45) is 73.7. The lowest BCUT2D eigenvalue weighted by Gasteiger charge is -2.22. The first kappa shape index (κ1) is 69.6. The molecule has 0 aliphatic rings. The van der Waals surface area contributed by atoms with Crippen molar-refractivity contribution in [3.05, 3.63) is 12.2 Å². The Kier molecular flexibility index (Phi) is 59.9. The summed E-state index contributed by atoms with van der Waals surface area (Å²) in [7, 11) is 0. The van der Waals surface area contributed by atoms with Crippen LogP contribution in [-0.4, -0.2) is 47.4 Å². The van der Waals surface area contributed by atoms with Crippen LogP contribution in [0, 0.1) is 0 Å². The van der Waals surface area contributed by atoms with Gasteiger partial charge in [0.05, 0.1) is 25.4 Å². The Hall–Kier alpha value is -1.40. The number of esters is 1. The molecule has 0 spiro atoms. The van der Waals surface area contributed by atoms with Gasteiger partial charge in [-0.2, -0.15) is 0 Å². The minimum atomic E-state index is -0.673. The van der Waals surface area contributed by atoms with Crippen LogP contribution in [-0.2, 0) is 14.3 Å². The largest absolute Gasteiger partial charge is 0.466 e. The van der Waals surface area contributed by atoms with E-state index in [-0.39, 0.29) is 18.5 Å². The minimum absolute atomic E-state index is 0.00839. The highest BCUT2D eigenvalue weighted by Crippen LogP contribution is 2.18. The van der Waals surface area contributed by atoms with Crippen molar-refractivity contribution in [3.8, 4) is 0 Å². The highest BCUT2D eigenvalue weighted by molar-refractivity contribution is 5.76. The maximum absolute atomic E-state index is 12.5. The van der Waals surface area contributed by atoms with Crippen molar-refractivity contribution in [2.75, 3.05) is 13.2 Å². The number of aliphatic hydroxyl groups excluding tert-OH is 2. The van der Waals surface area contributed by atoms with Gasteiger partial charge in [-0.05, 0) is 51.4 Å². The Balaban J connectivity index is 3.42. The Morgan fingerprint density at radius 3 is 1.00 bits per heavy atom. The predicted molar refractivity (Wildman–Crippen MR) is 310 cm³/mol. The molecule has 0 aliphatic carbocycles. The van der Waals surface area contributed by atoms with Crippen LogP contribution < -0.4 is 5.32 Å². The molecular weight excluding hydrogens is 875 g/mol. The number of carbonyl (C=O) groups excluding carboxylic acids is 2. The van der Waals surface area contributed by atoms with E-state index in [4.69, 9.17) is 4.74 Å². The van der Waals surface area contributed by atoms with E-state index in [1.165, 1.54) is 283 Å². The normalized spacial score (nSPS) is 12.6. The predicted octanol–water partition coefficient (Wildman–Crippen LogP) is 20.4. The molecule has 0 aliphatic heterocycles. The third kappa shape index (κ3) is 57.7. The molecule has 0 aromatic rings. The number of hydrogen-bond acceptors (Lipinski definition) is 5. The lowest BCUT2D eigenvalue weighted by molar-refractivity contribution is -0.143. The zero-order valence-corrected chi connectivity index (χ0v) is 48.2. The Bertz CT molecular complexity index is 1060. The fourth-order valence-electron chi connectivity index (χ4n) is 10.3. The molecular formula is C65H127NO5. The molecule has 6 nitrogen and oxygen atoms in total. The average Bonchev–Trinajstić information content (AvgIpc) is 3.37. The first-order valence-electron chi connectivity index (χ1n) is 32.4. The number of carbonyl (C=O) groups is 2. The third-order valence-corrected chi connectivity index (χ3v) is 15.3. The van der Waals surface area contributed by atoms with E-state index in [2.05, 4.69) is 31.3 Å². The highest BCUT2D eigenvalue weighted by Gasteiger charge is 2.20. The molecule has 71 heavy (non-hydrogen) atoms. The molecule has 3 N–H and O–H groups in total. The van der Waals surface area contributed by atoms with Crippen LogP contribution in [0.5, 0.6) is 0 Å².